The van der Waals surface area contributed by atoms with Crippen LogP contribution in [0.4, 0.5) is 13.2 Å². The SMILES string of the molecule is Cc1ccc([S+](c2ccccc2)c2ccccc2)c(C)c1.O=S(=O)([O-])C(F)(F)F. The molecule has 0 aromatic heterocycles. The summed E-state index contributed by atoms with van der Waals surface area (Å²) in [4.78, 5) is 4.16. The highest BCUT2D eigenvalue weighted by Gasteiger charge is 2.37. The zero-order valence-corrected chi connectivity index (χ0v) is 17.3. The van der Waals surface area contributed by atoms with Gasteiger partial charge in [0.15, 0.2) is 24.8 Å². The average molecular weight is 441 g/mol. The molecule has 3 aromatic rings. The molecule has 0 unspecified atom stereocenters. The Morgan fingerprint density at radius 1 is 0.793 bits per heavy atom. The van der Waals surface area contributed by atoms with E-state index in [4.69, 9.17) is 13.0 Å². The molecule has 0 atom stereocenters. The average Bonchev–Trinajstić information content (AvgIpc) is 2.64. The summed E-state index contributed by atoms with van der Waals surface area (Å²) in [5.74, 6) is 0. The Kier molecular flexibility index (Phi) is 7.51. The largest absolute Gasteiger partial charge is 0.741 e. The molecule has 0 aliphatic rings. The lowest BCUT2D eigenvalue weighted by atomic mass is 10.2. The highest BCUT2D eigenvalue weighted by Crippen LogP contribution is 2.33. The number of aryl methyl sites for hydroxylation is 2. The topological polar surface area (TPSA) is 57.2 Å². The lowest BCUT2D eigenvalue weighted by Crippen LogP contribution is -2.21. The van der Waals surface area contributed by atoms with E-state index in [1.807, 2.05) is 0 Å². The molecular formula is C21H19F3O3S2. The fourth-order valence-electron chi connectivity index (χ4n) is 2.53. The second-order valence-electron chi connectivity index (χ2n) is 6.10. The molecule has 0 bridgehead atoms. The first kappa shape index (κ1) is 23.0. The molecule has 3 aromatic carbocycles. The number of hydrogen-bond acceptors (Lipinski definition) is 3. The van der Waals surface area contributed by atoms with E-state index in [2.05, 4.69) is 92.7 Å². The quantitative estimate of drug-likeness (QED) is 0.309. The fraction of sp³-hybridized carbons (Fsp3) is 0.143. The minimum atomic E-state index is -6.09. The molecule has 3 rings (SSSR count). The minimum absolute atomic E-state index is 0.0345. The molecule has 0 fully saturated rings. The van der Waals surface area contributed by atoms with Crippen molar-refractivity contribution in [1.29, 1.82) is 0 Å². The van der Waals surface area contributed by atoms with Crippen molar-refractivity contribution in [3.05, 3.63) is 90.0 Å². The summed E-state index contributed by atoms with van der Waals surface area (Å²) in [6.45, 7) is 4.37. The minimum Gasteiger partial charge on any atom is -0.741 e. The van der Waals surface area contributed by atoms with Crippen molar-refractivity contribution < 1.29 is 26.1 Å². The molecule has 154 valence electrons. The zero-order valence-electron chi connectivity index (χ0n) is 15.7. The zero-order chi connectivity index (χ0) is 21.7. The van der Waals surface area contributed by atoms with Crippen molar-refractivity contribution >= 4 is 21.0 Å². The molecule has 8 heteroatoms. The van der Waals surface area contributed by atoms with Gasteiger partial charge in [0.05, 0.1) is 10.9 Å². The molecule has 0 spiro atoms. The third kappa shape index (κ3) is 6.35. The van der Waals surface area contributed by atoms with E-state index in [9.17, 15) is 13.2 Å². The summed E-state index contributed by atoms with van der Waals surface area (Å²) in [5, 5.41) is 0. The van der Waals surface area contributed by atoms with Crippen molar-refractivity contribution in [2.24, 2.45) is 0 Å². The molecule has 0 aliphatic carbocycles. The number of benzene rings is 3. The van der Waals surface area contributed by atoms with Gasteiger partial charge < -0.3 is 4.55 Å². The maximum atomic E-state index is 10.7. The van der Waals surface area contributed by atoms with Crippen molar-refractivity contribution in [2.75, 3.05) is 0 Å². The van der Waals surface area contributed by atoms with E-state index in [1.165, 1.54) is 25.8 Å². The van der Waals surface area contributed by atoms with Crippen LogP contribution in [0.25, 0.3) is 0 Å². The second-order valence-corrected chi connectivity index (χ2v) is 9.47. The molecule has 0 saturated heterocycles. The molecule has 3 nitrogen and oxygen atoms in total. The lowest BCUT2D eigenvalue weighted by molar-refractivity contribution is -0.0517. The standard InChI is InChI=1S/C20H19S.CHF3O3S/c1-16-13-14-20(17(2)15-16)21(18-9-5-3-6-10-18)19-11-7-4-8-12-19;2-1(3,4)8(5,6)7/h3-15H,1-2H3;(H,5,6,7)/q+1;/p-1. The lowest BCUT2D eigenvalue weighted by Gasteiger charge is -2.10. The predicted octanol–water partition coefficient (Wildman–Crippen LogP) is 5.45. The van der Waals surface area contributed by atoms with E-state index < -0.39 is 15.6 Å². The second kappa shape index (κ2) is 9.47. The molecule has 0 radical (unpaired) electrons. The van der Waals surface area contributed by atoms with Crippen molar-refractivity contribution in [3.63, 3.8) is 0 Å². The number of hydrogen-bond donors (Lipinski definition) is 0. The van der Waals surface area contributed by atoms with Crippen LogP contribution in [0, 0.1) is 13.8 Å². The number of rotatable bonds is 3. The Balaban J connectivity index is 0.000000321. The summed E-state index contributed by atoms with van der Waals surface area (Å²) in [6, 6.07) is 28.4. The van der Waals surface area contributed by atoms with Crippen molar-refractivity contribution in [3.8, 4) is 0 Å². The van der Waals surface area contributed by atoms with Gasteiger partial charge in [-0.15, -0.1) is 0 Å². The summed E-state index contributed by atoms with van der Waals surface area (Å²) in [5.41, 5.74) is -2.96. The number of alkyl halides is 3. The smallest absolute Gasteiger partial charge is 0.485 e. The molecular weight excluding hydrogens is 421 g/mol. The van der Waals surface area contributed by atoms with Crippen LogP contribution >= 0.6 is 0 Å². The van der Waals surface area contributed by atoms with Gasteiger partial charge in [0.1, 0.15) is 0 Å². The summed E-state index contributed by atoms with van der Waals surface area (Å²) >= 11 is 0. The number of halogens is 3. The highest BCUT2D eigenvalue weighted by atomic mass is 32.2. The highest BCUT2D eigenvalue weighted by molar-refractivity contribution is 7.97. The van der Waals surface area contributed by atoms with Gasteiger partial charge >= 0.3 is 5.51 Å². The Labute approximate surface area is 171 Å². The monoisotopic (exact) mass is 440 g/mol. The van der Waals surface area contributed by atoms with Crippen LogP contribution in [-0.4, -0.2) is 18.5 Å². The van der Waals surface area contributed by atoms with Crippen LogP contribution in [0.15, 0.2) is 93.5 Å². The predicted molar refractivity (Wildman–Crippen MR) is 107 cm³/mol. The molecule has 29 heavy (non-hydrogen) atoms. The molecule has 0 aliphatic heterocycles. The van der Waals surface area contributed by atoms with Gasteiger partial charge in [-0.1, -0.05) is 54.1 Å². The van der Waals surface area contributed by atoms with Gasteiger partial charge in [-0.05, 0) is 44.2 Å². The van der Waals surface area contributed by atoms with Crippen molar-refractivity contribution in [1.82, 2.24) is 0 Å². The van der Waals surface area contributed by atoms with Crippen LogP contribution in [0.3, 0.4) is 0 Å². The Morgan fingerprint density at radius 3 is 1.55 bits per heavy atom. The Morgan fingerprint density at radius 2 is 1.21 bits per heavy atom. The normalized spacial score (nSPS) is 11.7. The van der Waals surface area contributed by atoms with Crippen molar-refractivity contribution in [2.45, 2.75) is 34.0 Å². The van der Waals surface area contributed by atoms with Gasteiger partial charge in [0, 0.05) is 5.56 Å². The van der Waals surface area contributed by atoms with E-state index in [1.54, 1.807) is 0 Å². The molecule has 0 N–H and O–H groups in total. The van der Waals surface area contributed by atoms with Crippen LogP contribution in [-0.2, 0) is 21.0 Å². The Bertz CT molecular complexity index is 996. The van der Waals surface area contributed by atoms with Crippen LogP contribution < -0.4 is 0 Å². The first-order valence-electron chi connectivity index (χ1n) is 8.44. The van der Waals surface area contributed by atoms with Gasteiger partial charge in [-0.2, -0.15) is 13.2 Å². The van der Waals surface area contributed by atoms with E-state index in [0.717, 1.165) is 0 Å². The fourth-order valence-corrected chi connectivity index (χ4v) is 4.76. The third-order valence-electron chi connectivity index (χ3n) is 3.79. The maximum absolute atomic E-state index is 10.7. The first-order valence-corrected chi connectivity index (χ1v) is 11.1. The maximum Gasteiger partial charge on any atom is 0.485 e. The van der Waals surface area contributed by atoms with E-state index in [0.29, 0.717) is 0 Å². The van der Waals surface area contributed by atoms with E-state index >= 15 is 0 Å². The van der Waals surface area contributed by atoms with Gasteiger partial charge in [0.25, 0.3) is 0 Å². The Hall–Kier alpha value is -2.29. The van der Waals surface area contributed by atoms with Crippen LogP contribution in [0.1, 0.15) is 11.1 Å². The van der Waals surface area contributed by atoms with Crippen LogP contribution in [0.2, 0.25) is 0 Å². The van der Waals surface area contributed by atoms with Gasteiger partial charge in [-0.3, -0.25) is 0 Å². The molecule has 0 saturated carbocycles. The first-order chi connectivity index (χ1) is 13.5. The summed E-state index contributed by atoms with van der Waals surface area (Å²) in [6.07, 6.45) is 0. The van der Waals surface area contributed by atoms with Crippen LogP contribution in [0.5, 0.6) is 0 Å². The van der Waals surface area contributed by atoms with E-state index in [-0.39, 0.29) is 10.9 Å². The van der Waals surface area contributed by atoms with Gasteiger partial charge in [-0.25, -0.2) is 8.42 Å². The molecule has 0 amide bonds. The van der Waals surface area contributed by atoms with Gasteiger partial charge in [0.2, 0.25) is 0 Å². The third-order valence-corrected chi connectivity index (χ3v) is 6.74. The molecule has 0 heterocycles. The summed E-state index contributed by atoms with van der Waals surface area (Å²) in [7, 11) is -6.12. The summed E-state index contributed by atoms with van der Waals surface area (Å²) < 4.78 is 58.9.